The summed E-state index contributed by atoms with van der Waals surface area (Å²) in [5, 5.41) is 3.73. The van der Waals surface area contributed by atoms with Crippen LogP contribution in [-0.2, 0) is 4.74 Å². The second kappa shape index (κ2) is 7.38. The molecule has 1 atom stereocenters. The van der Waals surface area contributed by atoms with Gasteiger partial charge in [0.15, 0.2) is 0 Å². The molecule has 0 radical (unpaired) electrons. The molecule has 1 N–H and O–H groups in total. The molecule has 0 spiro atoms. The van der Waals surface area contributed by atoms with Crippen molar-refractivity contribution in [3.05, 3.63) is 0 Å². The van der Waals surface area contributed by atoms with Gasteiger partial charge >= 0.3 is 0 Å². The van der Waals surface area contributed by atoms with Gasteiger partial charge in [0.05, 0.1) is 6.10 Å². The lowest BCUT2D eigenvalue weighted by molar-refractivity contribution is 0.0143. The number of ether oxygens (including phenoxy) is 1. The fraction of sp³-hybridized carbons (Fsp3) is 1.00. The molecule has 2 nitrogen and oxygen atoms in total. The van der Waals surface area contributed by atoms with Crippen LogP contribution in [0.5, 0.6) is 0 Å². The molecule has 1 unspecified atom stereocenters. The second-order valence-electron chi connectivity index (χ2n) is 5.90. The van der Waals surface area contributed by atoms with Gasteiger partial charge in [-0.1, -0.05) is 19.8 Å². The van der Waals surface area contributed by atoms with Gasteiger partial charge in [0.1, 0.15) is 0 Å². The minimum atomic E-state index is 0.497. The van der Waals surface area contributed by atoms with E-state index in [4.69, 9.17) is 4.74 Å². The Labute approximate surface area is 107 Å². The largest absolute Gasteiger partial charge is 0.377 e. The summed E-state index contributed by atoms with van der Waals surface area (Å²) in [6, 6.07) is 0.772. The van der Waals surface area contributed by atoms with Crippen molar-refractivity contribution in [2.24, 2.45) is 5.92 Å². The molecule has 17 heavy (non-hydrogen) atoms. The topological polar surface area (TPSA) is 21.3 Å². The Hall–Kier alpha value is -0.0800. The van der Waals surface area contributed by atoms with Gasteiger partial charge < -0.3 is 10.1 Å². The summed E-state index contributed by atoms with van der Waals surface area (Å²) < 4.78 is 5.77. The van der Waals surface area contributed by atoms with Crippen molar-refractivity contribution in [2.75, 3.05) is 13.2 Å². The average molecular weight is 239 g/mol. The first kappa shape index (κ1) is 13.4. The summed E-state index contributed by atoms with van der Waals surface area (Å²) >= 11 is 0. The molecule has 0 aromatic carbocycles. The summed E-state index contributed by atoms with van der Waals surface area (Å²) in [5.41, 5.74) is 0. The highest BCUT2D eigenvalue weighted by molar-refractivity contribution is 4.78. The summed E-state index contributed by atoms with van der Waals surface area (Å²) in [6.07, 6.45) is 12.8. The Kier molecular flexibility index (Phi) is 5.79. The minimum absolute atomic E-state index is 0.497. The monoisotopic (exact) mass is 239 g/mol. The molecule has 2 heteroatoms. The number of nitrogens with one attached hydrogen (secondary N) is 1. The molecule has 1 aliphatic heterocycles. The number of rotatable bonds is 5. The van der Waals surface area contributed by atoms with E-state index in [2.05, 4.69) is 12.2 Å². The van der Waals surface area contributed by atoms with Crippen LogP contribution in [-0.4, -0.2) is 25.3 Å². The van der Waals surface area contributed by atoms with Crippen LogP contribution >= 0.6 is 0 Å². The zero-order chi connectivity index (χ0) is 11.9. The Balaban J connectivity index is 1.57. The smallest absolute Gasteiger partial charge is 0.0699 e. The third-order valence-corrected chi connectivity index (χ3v) is 4.45. The molecule has 0 bridgehead atoms. The lowest BCUT2D eigenvalue weighted by Crippen LogP contribution is -2.39. The lowest BCUT2D eigenvalue weighted by atomic mass is 9.83. The molecule has 0 amide bonds. The standard InChI is InChI=1S/C15H29NO/c1-2-5-13-7-9-14(10-8-13)16-12-15-6-3-4-11-17-15/h13-16H,2-12H2,1H3. The van der Waals surface area contributed by atoms with E-state index in [0.717, 1.165) is 25.1 Å². The highest BCUT2D eigenvalue weighted by Crippen LogP contribution is 2.27. The Morgan fingerprint density at radius 3 is 2.53 bits per heavy atom. The first-order valence-corrected chi connectivity index (χ1v) is 7.73. The molecule has 2 rings (SSSR count). The van der Waals surface area contributed by atoms with E-state index in [1.165, 1.54) is 57.8 Å². The van der Waals surface area contributed by atoms with Crippen LogP contribution in [0.4, 0.5) is 0 Å². The summed E-state index contributed by atoms with van der Waals surface area (Å²) in [6.45, 7) is 4.38. The van der Waals surface area contributed by atoms with Crippen molar-refractivity contribution in [1.82, 2.24) is 5.32 Å². The van der Waals surface area contributed by atoms with Gasteiger partial charge in [0.2, 0.25) is 0 Å². The van der Waals surface area contributed by atoms with Crippen LogP contribution in [0.3, 0.4) is 0 Å². The van der Waals surface area contributed by atoms with Gasteiger partial charge in [-0.2, -0.15) is 0 Å². The molecular formula is C15H29NO. The van der Waals surface area contributed by atoms with Gasteiger partial charge in [-0.15, -0.1) is 0 Å². The summed E-state index contributed by atoms with van der Waals surface area (Å²) in [5.74, 6) is 1.02. The van der Waals surface area contributed by atoms with E-state index in [-0.39, 0.29) is 0 Å². The van der Waals surface area contributed by atoms with E-state index < -0.39 is 0 Å². The van der Waals surface area contributed by atoms with E-state index in [0.29, 0.717) is 6.10 Å². The fourth-order valence-electron chi connectivity index (χ4n) is 3.33. The number of hydrogen-bond acceptors (Lipinski definition) is 2. The average Bonchev–Trinajstić information content (AvgIpc) is 2.40. The SMILES string of the molecule is CCCC1CCC(NCC2CCCCO2)CC1. The van der Waals surface area contributed by atoms with E-state index in [9.17, 15) is 0 Å². The Morgan fingerprint density at radius 1 is 1.06 bits per heavy atom. The van der Waals surface area contributed by atoms with Crippen molar-refractivity contribution in [3.63, 3.8) is 0 Å². The second-order valence-corrected chi connectivity index (χ2v) is 5.90. The summed E-state index contributed by atoms with van der Waals surface area (Å²) in [7, 11) is 0. The van der Waals surface area contributed by atoms with Crippen LogP contribution in [0, 0.1) is 5.92 Å². The van der Waals surface area contributed by atoms with Crippen LogP contribution in [0.25, 0.3) is 0 Å². The zero-order valence-electron chi connectivity index (χ0n) is 11.4. The van der Waals surface area contributed by atoms with Gasteiger partial charge in [-0.05, 0) is 50.9 Å². The highest BCUT2D eigenvalue weighted by Gasteiger charge is 2.21. The van der Waals surface area contributed by atoms with Gasteiger partial charge in [0, 0.05) is 19.2 Å². The van der Waals surface area contributed by atoms with Crippen LogP contribution in [0.1, 0.15) is 64.7 Å². The van der Waals surface area contributed by atoms with Crippen molar-refractivity contribution < 1.29 is 4.74 Å². The predicted octanol–water partition coefficient (Wildman–Crippen LogP) is 3.50. The quantitative estimate of drug-likeness (QED) is 0.793. The molecule has 0 aromatic heterocycles. The van der Waals surface area contributed by atoms with E-state index >= 15 is 0 Å². The first-order chi connectivity index (χ1) is 8.38. The fourth-order valence-corrected chi connectivity index (χ4v) is 3.33. The van der Waals surface area contributed by atoms with Gasteiger partial charge in [0.25, 0.3) is 0 Å². The Morgan fingerprint density at radius 2 is 1.88 bits per heavy atom. The van der Waals surface area contributed by atoms with Crippen molar-refractivity contribution in [1.29, 1.82) is 0 Å². The van der Waals surface area contributed by atoms with Crippen molar-refractivity contribution >= 4 is 0 Å². The highest BCUT2D eigenvalue weighted by atomic mass is 16.5. The predicted molar refractivity (Wildman–Crippen MR) is 72.2 cm³/mol. The molecular weight excluding hydrogens is 210 g/mol. The van der Waals surface area contributed by atoms with Crippen LogP contribution in [0.2, 0.25) is 0 Å². The van der Waals surface area contributed by atoms with Crippen LogP contribution < -0.4 is 5.32 Å². The van der Waals surface area contributed by atoms with Crippen molar-refractivity contribution in [2.45, 2.75) is 76.9 Å². The summed E-state index contributed by atoms with van der Waals surface area (Å²) in [4.78, 5) is 0. The van der Waals surface area contributed by atoms with E-state index in [1.54, 1.807) is 0 Å². The van der Waals surface area contributed by atoms with Crippen LogP contribution in [0.15, 0.2) is 0 Å². The molecule has 2 fully saturated rings. The molecule has 100 valence electrons. The normalized spacial score (nSPS) is 34.8. The maximum atomic E-state index is 5.77. The minimum Gasteiger partial charge on any atom is -0.377 e. The Bertz CT molecular complexity index is 193. The molecule has 1 saturated carbocycles. The van der Waals surface area contributed by atoms with E-state index in [1.807, 2.05) is 0 Å². The van der Waals surface area contributed by atoms with Gasteiger partial charge in [-0.25, -0.2) is 0 Å². The maximum Gasteiger partial charge on any atom is 0.0699 e. The maximum absolute atomic E-state index is 5.77. The third-order valence-electron chi connectivity index (χ3n) is 4.45. The molecule has 1 aliphatic carbocycles. The molecule has 0 aromatic rings. The zero-order valence-corrected chi connectivity index (χ0v) is 11.4. The molecule has 1 heterocycles. The lowest BCUT2D eigenvalue weighted by Gasteiger charge is -2.31. The first-order valence-electron chi connectivity index (χ1n) is 7.73. The van der Waals surface area contributed by atoms with Crippen molar-refractivity contribution in [3.8, 4) is 0 Å². The third kappa shape index (κ3) is 4.59. The molecule has 1 saturated heterocycles. The number of hydrogen-bond donors (Lipinski definition) is 1. The van der Waals surface area contributed by atoms with Gasteiger partial charge in [-0.3, -0.25) is 0 Å². The molecule has 2 aliphatic rings.